The number of ether oxygens (including phenoxy) is 1. The molecule has 0 saturated heterocycles. The summed E-state index contributed by atoms with van der Waals surface area (Å²) < 4.78 is 114. The van der Waals surface area contributed by atoms with Gasteiger partial charge in [0, 0.05) is 12.0 Å². The van der Waals surface area contributed by atoms with Gasteiger partial charge in [0.1, 0.15) is 17.4 Å². The molecule has 0 heterocycles. The number of hydrogen-bond donors (Lipinski definition) is 1. The van der Waals surface area contributed by atoms with E-state index in [0.29, 0.717) is 6.07 Å². The van der Waals surface area contributed by atoms with Gasteiger partial charge in [0.15, 0.2) is 5.60 Å². The second kappa shape index (κ2) is 8.29. The SMILES string of the molecule is COc1ccc(F)cc1C(C)(C)CC(O)(Cc1cccc(C(F)(F)F)c1F)C(F)(F)F. The maximum Gasteiger partial charge on any atom is 0.419 e. The van der Waals surface area contributed by atoms with Gasteiger partial charge >= 0.3 is 12.4 Å². The van der Waals surface area contributed by atoms with Crippen molar-refractivity contribution in [1.82, 2.24) is 0 Å². The smallest absolute Gasteiger partial charge is 0.419 e. The highest BCUT2D eigenvalue weighted by molar-refractivity contribution is 5.40. The highest BCUT2D eigenvalue weighted by atomic mass is 19.4. The summed E-state index contributed by atoms with van der Waals surface area (Å²) in [7, 11) is 1.22. The zero-order valence-corrected chi connectivity index (χ0v) is 16.8. The topological polar surface area (TPSA) is 29.5 Å². The summed E-state index contributed by atoms with van der Waals surface area (Å²) in [5, 5.41) is 10.5. The quantitative estimate of drug-likeness (QED) is 0.525. The van der Waals surface area contributed by atoms with Crippen LogP contribution < -0.4 is 4.74 Å². The number of rotatable bonds is 6. The molecule has 0 aliphatic carbocycles. The molecular weight excluding hydrogens is 436 g/mol. The Morgan fingerprint density at radius 2 is 1.52 bits per heavy atom. The van der Waals surface area contributed by atoms with Crippen LogP contribution in [0.4, 0.5) is 35.1 Å². The van der Waals surface area contributed by atoms with E-state index in [2.05, 4.69) is 0 Å². The molecule has 0 radical (unpaired) electrons. The van der Waals surface area contributed by atoms with Gasteiger partial charge in [-0.25, -0.2) is 8.78 Å². The molecule has 2 nitrogen and oxygen atoms in total. The second-order valence-electron chi connectivity index (χ2n) is 7.89. The maximum absolute atomic E-state index is 14.3. The van der Waals surface area contributed by atoms with Gasteiger partial charge in [-0.05, 0) is 41.7 Å². The summed E-state index contributed by atoms with van der Waals surface area (Å²) in [6.45, 7) is 2.56. The molecule has 0 aromatic heterocycles. The van der Waals surface area contributed by atoms with Crippen molar-refractivity contribution in [2.75, 3.05) is 7.11 Å². The standard InChI is InChI=1S/C21H20F8O2/c1-18(2,15-9-13(22)7-8-16(15)31-3)11-19(30,21(27,28)29)10-12-5-4-6-14(17(12)23)20(24,25)26/h4-9,30H,10-11H2,1-3H3. The first-order valence-electron chi connectivity index (χ1n) is 8.99. The Balaban J connectivity index is 2.53. The molecule has 0 spiro atoms. The fraction of sp³-hybridized carbons (Fsp3) is 0.429. The average Bonchev–Trinajstić information content (AvgIpc) is 2.61. The highest BCUT2D eigenvalue weighted by Gasteiger charge is 2.56. The van der Waals surface area contributed by atoms with Gasteiger partial charge in [0.25, 0.3) is 0 Å². The predicted octanol–water partition coefficient (Wildman–Crippen LogP) is 6.20. The van der Waals surface area contributed by atoms with Crippen molar-refractivity contribution in [1.29, 1.82) is 0 Å². The van der Waals surface area contributed by atoms with Crippen LogP contribution in [0.25, 0.3) is 0 Å². The highest BCUT2D eigenvalue weighted by Crippen LogP contribution is 2.45. The normalized spacial score (nSPS) is 15.0. The third-order valence-electron chi connectivity index (χ3n) is 5.02. The van der Waals surface area contributed by atoms with E-state index in [1.807, 2.05) is 0 Å². The van der Waals surface area contributed by atoms with Gasteiger partial charge < -0.3 is 9.84 Å². The summed E-state index contributed by atoms with van der Waals surface area (Å²) in [4.78, 5) is 0. The van der Waals surface area contributed by atoms with Crippen molar-refractivity contribution in [3.8, 4) is 5.75 Å². The molecule has 172 valence electrons. The molecule has 2 aromatic rings. The third-order valence-corrected chi connectivity index (χ3v) is 5.02. The minimum absolute atomic E-state index is 0.00203. The van der Waals surface area contributed by atoms with Crippen LogP contribution in [0.1, 0.15) is 37.0 Å². The minimum Gasteiger partial charge on any atom is -0.496 e. The van der Waals surface area contributed by atoms with E-state index in [1.165, 1.54) is 27.0 Å². The Hall–Kier alpha value is -2.36. The van der Waals surface area contributed by atoms with E-state index in [9.17, 15) is 40.2 Å². The first-order chi connectivity index (χ1) is 14.0. The number of benzene rings is 2. The molecule has 1 unspecified atom stereocenters. The van der Waals surface area contributed by atoms with E-state index in [4.69, 9.17) is 4.74 Å². The van der Waals surface area contributed by atoms with Crippen LogP contribution >= 0.6 is 0 Å². The van der Waals surface area contributed by atoms with Crippen molar-refractivity contribution in [2.24, 2.45) is 0 Å². The Bertz CT molecular complexity index is 934. The van der Waals surface area contributed by atoms with Gasteiger partial charge in [0.2, 0.25) is 0 Å². The zero-order valence-electron chi connectivity index (χ0n) is 16.8. The number of alkyl halides is 6. The van der Waals surface area contributed by atoms with Crippen molar-refractivity contribution in [2.45, 2.75) is 50.1 Å². The van der Waals surface area contributed by atoms with Crippen molar-refractivity contribution in [3.05, 3.63) is 64.7 Å². The average molecular weight is 456 g/mol. The lowest BCUT2D eigenvalue weighted by atomic mass is 9.72. The Labute approximate surface area is 173 Å². The second-order valence-corrected chi connectivity index (χ2v) is 7.89. The van der Waals surface area contributed by atoms with Gasteiger partial charge in [-0.15, -0.1) is 0 Å². The lowest BCUT2D eigenvalue weighted by Gasteiger charge is -2.38. The first-order valence-corrected chi connectivity index (χ1v) is 8.99. The Morgan fingerprint density at radius 1 is 0.903 bits per heavy atom. The molecule has 10 heteroatoms. The largest absolute Gasteiger partial charge is 0.496 e. The van der Waals surface area contributed by atoms with Crippen LogP contribution in [0, 0.1) is 11.6 Å². The molecule has 0 amide bonds. The van der Waals surface area contributed by atoms with Gasteiger partial charge in [-0.3, -0.25) is 0 Å². The van der Waals surface area contributed by atoms with Crippen LogP contribution in [-0.2, 0) is 18.0 Å². The monoisotopic (exact) mass is 456 g/mol. The van der Waals surface area contributed by atoms with Crippen LogP contribution in [0.2, 0.25) is 0 Å². The molecule has 0 aliphatic heterocycles. The van der Waals surface area contributed by atoms with E-state index < -0.39 is 59.0 Å². The lowest BCUT2D eigenvalue weighted by molar-refractivity contribution is -0.266. The number of methoxy groups -OCH3 is 1. The lowest BCUT2D eigenvalue weighted by Crippen LogP contribution is -2.51. The summed E-state index contributed by atoms with van der Waals surface area (Å²) in [6, 6.07) is 5.08. The van der Waals surface area contributed by atoms with Crippen molar-refractivity contribution >= 4 is 0 Å². The van der Waals surface area contributed by atoms with E-state index in [1.54, 1.807) is 0 Å². The molecule has 1 N–H and O–H groups in total. The van der Waals surface area contributed by atoms with E-state index in [-0.39, 0.29) is 11.3 Å². The van der Waals surface area contributed by atoms with Crippen LogP contribution in [0.3, 0.4) is 0 Å². The number of aliphatic hydroxyl groups is 1. The van der Waals surface area contributed by atoms with E-state index in [0.717, 1.165) is 24.3 Å². The Morgan fingerprint density at radius 3 is 2.03 bits per heavy atom. The summed E-state index contributed by atoms with van der Waals surface area (Å²) in [6.07, 6.45) is -13.0. The predicted molar refractivity (Wildman–Crippen MR) is 96.7 cm³/mol. The summed E-state index contributed by atoms with van der Waals surface area (Å²) in [5.74, 6) is -2.59. The maximum atomic E-state index is 14.3. The fourth-order valence-corrected chi connectivity index (χ4v) is 3.55. The number of halogens is 8. The molecule has 0 aliphatic rings. The molecule has 31 heavy (non-hydrogen) atoms. The molecule has 2 aromatic carbocycles. The molecule has 1 atom stereocenters. The molecule has 2 rings (SSSR count). The van der Waals surface area contributed by atoms with Crippen molar-refractivity contribution < 1.29 is 45.0 Å². The van der Waals surface area contributed by atoms with Crippen molar-refractivity contribution in [3.63, 3.8) is 0 Å². The van der Waals surface area contributed by atoms with Crippen LogP contribution in [0.5, 0.6) is 5.75 Å². The van der Waals surface area contributed by atoms with E-state index >= 15 is 0 Å². The molecule has 0 saturated carbocycles. The third kappa shape index (κ3) is 5.28. The minimum atomic E-state index is -5.33. The molecule has 0 fully saturated rings. The first kappa shape index (κ1) is 24.9. The van der Waals surface area contributed by atoms with Gasteiger partial charge in [-0.2, -0.15) is 26.3 Å². The van der Waals surface area contributed by atoms with Gasteiger partial charge in [-0.1, -0.05) is 26.0 Å². The van der Waals surface area contributed by atoms with Crippen LogP contribution in [0.15, 0.2) is 36.4 Å². The number of hydrogen-bond acceptors (Lipinski definition) is 2. The van der Waals surface area contributed by atoms with Gasteiger partial charge in [0.05, 0.1) is 12.7 Å². The van der Waals surface area contributed by atoms with Crippen LogP contribution in [-0.4, -0.2) is 24.0 Å². The zero-order chi connectivity index (χ0) is 23.8. The molecular formula is C21H20F8O2. The summed E-state index contributed by atoms with van der Waals surface area (Å²) in [5.41, 5.74) is -7.85. The summed E-state index contributed by atoms with van der Waals surface area (Å²) >= 11 is 0. The Kier molecular flexibility index (Phi) is 6.66. The fourth-order valence-electron chi connectivity index (χ4n) is 3.55. The molecule has 0 bridgehead atoms.